The summed E-state index contributed by atoms with van der Waals surface area (Å²) in [4.78, 5) is 8.11. The van der Waals surface area contributed by atoms with E-state index in [2.05, 4.69) is 16.3 Å². The summed E-state index contributed by atoms with van der Waals surface area (Å²) in [6.07, 6.45) is 4.23. The van der Waals surface area contributed by atoms with Crippen molar-refractivity contribution < 1.29 is 4.39 Å². The summed E-state index contributed by atoms with van der Waals surface area (Å²) in [5.74, 6) is -0.297. The number of aromatic nitrogens is 2. The second-order valence-electron chi connectivity index (χ2n) is 4.53. The van der Waals surface area contributed by atoms with Gasteiger partial charge in [-0.2, -0.15) is 0 Å². The molecule has 2 aromatic carbocycles. The molecule has 97 valence electrons. The van der Waals surface area contributed by atoms with Crippen LogP contribution in [0.3, 0.4) is 0 Å². The first-order chi connectivity index (χ1) is 9.77. The van der Waals surface area contributed by atoms with Crippen molar-refractivity contribution in [3.05, 3.63) is 72.4 Å². The molecule has 0 N–H and O–H groups in total. The van der Waals surface area contributed by atoms with Gasteiger partial charge in [0.15, 0.2) is 6.33 Å². The minimum atomic E-state index is -0.297. The van der Waals surface area contributed by atoms with E-state index in [1.54, 1.807) is 24.4 Å². The van der Waals surface area contributed by atoms with Gasteiger partial charge in [-0.05, 0) is 30.2 Å². The molecule has 3 heteroatoms. The van der Waals surface area contributed by atoms with Gasteiger partial charge in [-0.1, -0.05) is 36.4 Å². The Labute approximate surface area is 117 Å². The van der Waals surface area contributed by atoms with E-state index in [0.717, 1.165) is 16.7 Å². The molecule has 0 atom stereocenters. The van der Waals surface area contributed by atoms with Crippen LogP contribution in [0.25, 0.3) is 22.4 Å². The standard InChI is InChI=1S/C17H12FN2/c1-12-6-2-3-7-13(12)15-10-19-11-20-17(15)14-8-4-5-9-16(14)18/h2-10H,1H3. The molecule has 0 fully saturated rings. The van der Waals surface area contributed by atoms with Gasteiger partial charge in [0.05, 0.1) is 5.69 Å². The van der Waals surface area contributed by atoms with Crippen molar-refractivity contribution in [1.29, 1.82) is 0 Å². The number of benzene rings is 2. The van der Waals surface area contributed by atoms with Crippen LogP contribution in [0.1, 0.15) is 5.56 Å². The zero-order chi connectivity index (χ0) is 13.9. The van der Waals surface area contributed by atoms with Crippen LogP contribution in [0, 0.1) is 19.1 Å². The maximum Gasteiger partial charge on any atom is 0.198 e. The lowest BCUT2D eigenvalue weighted by Gasteiger charge is -2.10. The lowest BCUT2D eigenvalue weighted by Crippen LogP contribution is -1.94. The van der Waals surface area contributed by atoms with Gasteiger partial charge < -0.3 is 0 Å². The normalized spacial score (nSPS) is 10.5. The minimum Gasteiger partial charge on any atom is -0.233 e. The minimum absolute atomic E-state index is 0.297. The van der Waals surface area contributed by atoms with Gasteiger partial charge in [-0.3, -0.25) is 0 Å². The van der Waals surface area contributed by atoms with Crippen LogP contribution < -0.4 is 0 Å². The van der Waals surface area contributed by atoms with Crippen LogP contribution in [-0.4, -0.2) is 9.97 Å². The predicted molar refractivity (Wildman–Crippen MR) is 76.4 cm³/mol. The van der Waals surface area contributed by atoms with E-state index in [1.165, 1.54) is 6.07 Å². The molecule has 0 unspecified atom stereocenters. The smallest absolute Gasteiger partial charge is 0.198 e. The number of nitrogens with zero attached hydrogens (tertiary/aromatic N) is 2. The quantitative estimate of drug-likeness (QED) is 0.696. The Bertz CT molecular complexity index is 689. The average molecular weight is 263 g/mol. The highest BCUT2D eigenvalue weighted by atomic mass is 19.1. The summed E-state index contributed by atoms with van der Waals surface area (Å²) in [7, 11) is 0. The molecule has 0 spiro atoms. The van der Waals surface area contributed by atoms with Gasteiger partial charge in [0.25, 0.3) is 0 Å². The van der Waals surface area contributed by atoms with Crippen molar-refractivity contribution in [3.8, 4) is 22.4 Å². The highest BCUT2D eigenvalue weighted by Gasteiger charge is 2.13. The van der Waals surface area contributed by atoms with Gasteiger partial charge in [-0.25, -0.2) is 14.4 Å². The Balaban J connectivity index is 2.25. The Morgan fingerprint density at radius 1 is 0.900 bits per heavy atom. The molecule has 0 saturated carbocycles. The summed E-state index contributed by atoms with van der Waals surface area (Å²) in [6, 6.07) is 14.5. The van der Waals surface area contributed by atoms with Crippen LogP contribution >= 0.6 is 0 Å². The first kappa shape index (κ1) is 12.5. The largest absolute Gasteiger partial charge is 0.233 e. The Kier molecular flexibility index (Phi) is 3.25. The molecule has 20 heavy (non-hydrogen) atoms. The van der Waals surface area contributed by atoms with Gasteiger partial charge in [0.2, 0.25) is 0 Å². The maximum atomic E-state index is 14.0. The van der Waals surface area contributed by atoms with Crippen LogP contribution in [0.2, 0.25) is 0 Å². The molecular formula is C17H12FN2. The average Bonchev–Trinajstić information content (AvgIpc) is 2.48. The first-order valence-corrected chi connectivity index (χ1v) is 6.31. The Morgan fingerprint density at radius 2 is 1.60 bits per heavy atom. The van der Waals surface area contributed by atoms with Crippen molar-refractivity contribution in [2.75, 3.05) is 0 Å². The molecule has 1 aromatic heterocycles. The van der Waals surface area contributed by atoms with E-state index in [1.807, 2.05) is 31.2 Å². The monoisotopic (exact) mass is 263 g/mol. The highest BCUT2D eigenvalue weighted by Crippen LogP contribution is 2.32. The van der Waals surface area contributed by atoms with Crippen LogP contribution in [0.15, 0.2) is 54.7 Å². The zero-order valence-corrected chi connectivity index (χ0v) is 11.0. The molecule has 0 bridgehead atoms. The highest BCUT2D eigenvalue weighted by molar-refractivity contribution is 5.81. The number of hydrogen-bond acceptors (Lipinski definition) is 2. The van der Waals surface area contributed by atoms with Crippen LogP contribution in [-0.2, 0) is 0 Å². The number of rotatable bonds is 2. The molecular weight excluding hydrogens is 251 g/mol. The third kappa shape index (κ3) is 2.18. The SMILES string of the molecule is Cc1ccccc1-c1cn[c]nc1-c1ccccc1F. The zero-order valence-electron chi connectivity index (χ0n) is 11.0. The fourth-order valence-electron chi connectivity index (χ4n) is 2.22. The van der Waals surface area contributed by atoms with E-state index < -0.39 is 0 Å². The molecule has 0 aliphatic heterocycles. The maximum absolute atomic E-state index is 14.0. The van der Waals surface area contributed by atoms with Crippen molar-refractivity contribution >= 4 is 0 Å². The van der Waals surface area contributed by atoms with E-state index in [4.69, 9.17) is 0 Å². The third-order valence-corrected chi connectivity index (χ3v) is 3.23. The van der Waals surface area contributed by atoms with E-state index >= 15 is 0 Å². The van der Waals surface area contributed by atoms with Gasteiger partial charge in [-0.15, -0.1) is 0 Å². The second kappa shape index (κ2) is 5.21. The molecule has 3 aromatic rings. The van der Waals surface area contributed by atoms with E-state index in [0.29, 0.717) is 11.3 Å². The molecule has 0 amide bonds. The molecule has 0 aliphatic rings. The number of hydrogen-bond donors (Lipinski definition) is 0. The van der Waals surface area contributed by atoms with Crippen molar-refractivity contribution in [3.63, 3.8) is 0 Å². The fraction of sp³-hybridized carbons (Fsp3) is 0.0588. The molecule has 1 heterocycles. The summed E-state index contributed by atoms with van der Waals surface area (Å²) in [5, 5.41) is 0. The van der Waals surface area contributed by atoms with Gasteiger partial charge >= 0.3 is 0 Å². The molecule has 0 saturated heterocycles. The van der Waals surface area contributed by atoms with Crippen LogP contribution in [0.4, 0.5) is 4.39 Å². The predicted octanol–water partition coefficient (Wildman–Crippen LogP) is 4.06. The first-order valence-electron chi connectivity index (χ1n) is 6.31. The van der Waals surface area contributed by atoms with E-state index in [-0.39, 0.29) is 5.82 Å². The molecule has 0 aliphatic carbocycles. The summed E-state index contributed by atoms with van der Waals surface area (Å²) < 4.78 is 14.0. The van der Waals surface area contributed by atoms with Crippen molar-refractivity contribution in [2.45, 2.75) is 6.92 Å². The van der Waals surface area contributed by atoms with Crippen LogP contribution in [0.5, 0.6) is 0 Å². The lowest BCUT2D eigenvalue weighted by molar-refractivity contribution is 0.630. The van der Waals surface area contributed by atoms with Gasteiger partial charge in [0.1, 0.15) is 5.82 Å². The summed E-state index contributed by atoms with van der Waals surface area (Å²) >= 11 is 0. The van der Waals surface area contributed by atoms with Crippen molar-refractivity contribution in [1.82, 2.24) is 9.97 Å². The van der Waals surface area contributed by atoms with Crippen molar-refractivity contribution in [2.24, 2.45) is 0 Å². The summed E-state index contributed by atoms with van der Waals surface area (Å²) in [6.45, 7) is 2.01. The molecule has 2 nitrogen and oxygen atoms in total. The molecule has 1 radical (unpaired) electrons. The summed E-state index contributed by atoms with van der Waals surface area (Å²) in [5.41, 5.74) is 3.93. The molecule has 3 rings (SSSR count). The third-order valence-electron chi connectivity index (χ3n) is 3.23. The lowest BCUT2D eigenvalue weighted by atomic mass is 9.97. The fourth-order valence-corrected chi connectivity index (χ4v) is 2.22. The Morgan fingerprint density at radius 3 is 2.35 bits per heavy atom. The van der Waals surface area contributed by atoms with Gasteiger partial charge in [0, 0.05) is 17.3 Å². The second-order valence-corrected chi connectivity index (χ2v) is 4.53. The van der Waals surface area contributed by atoms with E-state index in [9.17, 15) is 4.39 Å². The Hall–Kier alpha value is -2.55. The number of halogens is 1. The topological polar surface area (TPSA) is 25.8 Å². The number of aryl methyl sites for hydroxylation is 1.